The van der Waals surface area contributed by atoms with Gasteiger partial charge in [0, 0.05) is 32.0 Å². The molecule has 0 saturated carbocycles. The summed E-state index contributed by atoms with van der Waals surface area (Å²) in [4.78, 5) is 0.137. The second-order valence-electron chi connectivity index (χ2n) is 3.33. The fourth-order valence-corrected chi connectivity index (χ4v) is 2.11. The van der Waals surface area contributed by atoms with Crippen LogP contribution < -0.4 is 0 Å². The Bertz CT molecular complexity index is 777. The van der Waals surface area contributed by atoms with Crippen LogP contribution in [-0.4, -0.2) is 16.8 Å². The van der Waals surface area contributed by atoms with E-state index in [1.54, 1.807) is 12.1 Å². The van der Waals surface area contributed by atoms with E-state index in [0.717, 1.165) is 10.8 Å². The first-order chi connectivity index (χ1) is 8.57. The van der Waals surface area contributed by atoms with Crippen molar-refractivity contribution in [3.8, 4) is 0 Å². The lowest BCUT2D eigenvalue weighted by molar-refractivity contribution is 0.609. The molecule has 4 nitrogen and oxygen atoms in total. The molecular formula is C10H7Cl3O4S2. The van der Waals surface area contributed by atoms with Gasteiger partial charge in [-0.3, -0.25) is 0 Å². The Kier molecular flexibility index (Phi) is 5.46. The van der Waals surface area contributed by atoms with Gasteiger partial charge in [-0.1, -0.05) is 30.3 Å². The Hall–Kier alpha value is -0.530. The highest BCUT2D eigenvalue weighted by atomic mass is 36.0. The van der Waals surface area contributed by atoms with Crippen LogP contribution >= 0.6 is 32.0 Å². The standard InChI is InChI=1S/C10H7ClO2S.Cl2O2S/c11-14(12,13)10-6-5-8-3-1-2-4-9(8)7-10;1-5(2,3)4/h1-7H;. The molecule has 19 heavy (non-hydrogen) atoms. The van der Waals surface area contributed by atoms with Crippen molar-refractivity contribution in [1.29, 1.82) is 0 Å². The molecule has 104 valence electrons. The monoisotopic (exact) mass is 360 g/mol. The van der Waals surface area contributed by atoms with E-state index in [2.05, 4.69) is 21.4 Å². The number of hydrogen-bond donors (Lipinski definition) is 0. The Morgan fingerprint density at radius 1 is 0.737 bits per heavy atom. The van der Waals surface area contributed by atoms with Crippen molar-refractivity contribution < 1.29 is 16.8 Å². The summed E-state index contributed by atoms with van der Waals surface area (Å²) >= 11 is 0. The van der Waals surface area contributed by atoms with Crippen molar-refractivity contribution >= 4 is 60.1 Å². The van der Waals surface area contributed by atoms with Gasteiger partial charge in [-0.2, -0.15) is 8.42 Å². The number of hydrogen-bond acceptors (Lipinski definition) is 4. The van der Waals surface area contributed by atoms with Crippen molar-refractivity contribution in [2.75, 3.05) is 0 Å². The molecule has 0 bridgehead atoms. The van der Waals surface area contributed by atoms with Gasteiger partial charge in [-0.15, -0.1) is 0 Å². The fraction of sp³-hybridized carbons (Fsp3) is 0. The lowest BCUT2D eigenvalue weighted by atomic mass is 10.1. The molecule has 0 N–H and O–H groups in total. The fourth-order valence-electron chi connectivity index (χ4n) is 1.32. The highest BCUT2D eigenvalue weighted by molar-refractivity contribution is 8.31. The SMILES string of the molecule is O=S(=O)(Cl)Cl.O=S(=O)(Cl)c1ccc2ccccc2c1. The van der Waals surface area contributed by atoms with Crippen molar-refractivity contribution in [2.24, 2.45) is 0 Å². The lowest BCUT2D eigenvalue weighted by Gasteiger charge is -1.99. The molecule has 2 aromatic carbocycles. The third kappa shape index (κ3) is 6.44. The van der Waals surface area contributed by atoms with Crippen molar-refractivity contribution in [3.05, 3.63) is 42.5 Å². The Morgan fingerprint density at radius 3 is 1.68 bits per heavy atom. The van der Waals surface area contributed by atoms with Crippen LogP contribution in [0.15, 0.2) is 47.4 Å². The van der Waals surface area contributed by atoms with Crippen LogP contribution in [0.4, 0.5) is 0 Å². The van der Waals surface area contributed by atoms with Gasteiger partial charge in [0.15, 0.2) is 0 Å². The highest BCUT2D eigenvalue weighted by Crippen LogP contribution is 2.21. The smallest absolute Gasteiger partial charge is 0.207 e. The first-order valence-electron chi connectivity index (χ1n) is 4.65. The van der Waals surface area contributed by atoms with Crippen molar-refractivity contribution in [2.45, 2.75) is 4.90 Å². The zero-order chi connectivity index (χ0) is 14.7. The second kappa shape index (κ2) is 6.28. The summed E-state index contributed by atoms with van der Waals surface area (Å²) in [6, 6.07) is 12.3. The van der Waals surface area contributed by atoms with E-state index in [1.165, 1.54) is 6.07 Å². The Morgan fingerprint density at radius 2 is 1.21 bits per heavy atom. The summed E-state index contributed by atoms with van der Waals surface area (Å²) < 4.78 is 40.4. The van der Waals surface area contributed by atoms with E-state index >= 15 is 0 Å². The van der Waals surface area contributed by atoms with E-state index in [0.29, 0.717) is 0 Å². The Balaban J connectivity index is 0.000000312. The average Bonchev–Trinajstić information content (AvgIpc) is 2.25. The highest BCUT2D eigenvalue weighted by Gasteiger charge is 2.09. The molecule has 0 aliphatic heterocycles. The maximum atomic E-state index is 11.0. The van der Waals surface area contributed by atoms with Gasteiger partial charge < -0.3 is 0 Å². The molecule has 0 saturated heterocycles. The maximum Gasteiger partial charge on any atom is 0.317 e. The van der Waals surface area contributed by atoms with Crippen LogP contribution in [0, 0.1) is 0 Å². The number of benzene rings is 2. The van der Waals surface area contributed by atoms with Crippen LogP contribution in [-0.2, 0) is 17.3 Å². The van der Waals surface area contributed by atoms with Gasteiger partial charge in [0.2, 0.25) is 0 Å². The topological polar surface area (TPSA) is 68.3 Å². The molecule has 0 heterocycles. The van der Waals surface area contributed by atoms with Gasteiger partial charge in [0.25, 0.3) is 9.05 Å². The van der Waals surface area contributed by atoms with Gasteiger partial charge in [-0.25, -0.2) is 8.42 Å². The van der Waals surface area contributed by atoms with E-state index in [4.69, 9.17) is 19.1 Å². The van der Waals surface area contributed by atoms with Crippen LogP contribution in [0.25, 0.3) is 10.8 Å². The zero-order valence-electron chi connectivity index (χ0n) is 9.12. The first kappa shape index (κ1) is 16.5. The van der Waals surface area contributed by atoms with Gasteiger partial charge in [-0.05, 0) is 22.9 Å². The van der Waals surface area contributed by atoms with E-state index in [9.17, 15) is 8.42 Å². The molecule has 0 unspecified atom stereocenters. The van der Waals surface area contributed by atoms with E-state index in [1.807, 2.05) is 24.3 Å². The maximum absolute atomic E-state index is 11.0. The molecule has 0 aliphatic rings. The molecule has 0 aliphatic carbocycles. The minimum Gasteiger partial charge on any atom is -0.207 e. The molecule has 0 aromatic heterocycles. The summed E-state index contributed by atoms with van der Waals surface area (Å²) in [5, 5.41) is 1.87. The number of halogens is 3. The first-order valence-corrected chi connectivity index (χ1v) is 10.1. The predicted octanol–water partition coefficient (Wildman–Crippen LogP) is 3.48. The largest absolute Gasteiger partial charge is 0.317 e. The molecule has 0 fully saturated rings. The van der Waals surface area contributed by atoms with Crippen molar-refractivity contribution in [3.63, 3.8) is 0 Å². The summed E-state index contributed by atoms with van der Waals surface area (Å²) in [6.07, 6.45) is 0. The third-order valence-corrected chi connectivity index (χ3v) is 3.35. The minimum atomic E-state index is -3.72. The number of fused-ring (bicyclic) bond motifs is 1. The normalized spacial score (nSPS) is 11.7. The van der Waals surface area contributed by atoms with Gasteiger partial charge in [0.05, 0.1) is 4.90 Å². The van der Waals surface area contributed by atoms with Crippen LogP contribution in [0.1, 0.15) is 0 Å². The molecule has 9 heteroatoms. The van der Waals surface area contributed by atoms with Crippen LogP contribution in [0.5, 0.6) is 0 Å². The minimum absolute atomic E-state index is 0.137. The molecule has 0 spiro atoms. The van der Waals surface area contributed by atoms with Gasteiger partial charge >= 0.3 is 8.26 Å². The van der Waals surface area contributed by atoms with E-state index < -0.39 is 17.3 Å². The second-order valence-corrected chi connectivity index (χ2v) is 9.56. The average molecular weight is 362 g/mol. The van der Waals surface area contributed by atoms with Crippen LogP contribution in [0.3, 0.4) is 0 Å². The summed E-state index contributed by atoms with van der Waals surface area (Å²) in [7, 11) is 6.42. The van der Waals surface area contributed by atoms with E-state index in [-0.39, 0.29) is 4.90 Å². The van der Waals surface area contributed by atoms with Gasteiger partial charge in [0.1, 0.15) is 0 Å². The quantitative estimate of drug-likeness (QED) is 0.729. The van der Waals surface area contributed by atoms with Crippen LogP contribution in [0.2, 0.25) is 0 Å². The Labute approximate surface area is 124 Å². The molecule has 0 amide bonds. The predicted molar refractivity (Wildman–Crippen MR) is 77.6 cm³/mol. The molecular weight excluding hydrogens is 355 g/mol. The molecule has 0 radical (unpaired) electrons. The summed E-state index contributed by atoms with van der Waals surface area (Å²) in [5.74, 6) is 0. The lowest BCUT2D eigenvalue weighted by Crippen LogP contribution is -1.89. The summed E-state index contributed by atoms with van der Waals surface area (Å²) in [6.45, 7) is 0. The summed E-state index contributed by atoms with van der Waals surface area (Å²) in [5.41, 5.74) is 0. The van der Waals surface area contributed by atoms with Crippen molar-refractivity contribution in [1.82, 2.24) is 0 Å². The third-order valence-electron chi connectivity index (χ3n) is 2.00. The number of rotatable bonds is 1. The molecule has 2 rings (SSSR count). The zero-order valence-corrected chi connectivity index (χ0v) is 13.0. The molecule has 2 aromatic rings. The molecule has 0 atom stereocenters.